The van der Waals surface area contributed by atoms with Gasteiger partial charge in [-0.2, -0.15) is 0 Å². The molecule has 1 aromatic carbocycles. The van der Waals surface area contributed by atoms with Crippen LogP contribution in [0.2, 0.25) is 0 Å². The zero-order valence-corrected chi connectivity index (χ0v) is 9.71. The average molecular weight is 269 g/mol. The molecule has 0 saturated heterocycles. The number of rotatable bonds is 1. The maximum atomic E-state index is 11.5. The van der Waals surface area contributed by atoms with Crippen molar-refractivity contribution in [1.29, 1.82) is 0 Å². The molecule has 0 unspecified atom stereocenters. The van der Waals surface area contributed by atoms with E-state index in [1.807, 2.05) is 18.2 Å². The maximum Gasteiger partial charge on any atom is 0.341 e. The van der Waals surface area contributed by atoms with Gasteiger partial charge in [-0.15, -0.1) is 0 Å². The fourth-order valence-corrected chi connectivity index (χ4v) is 1.90. The number of hydrogen-bond donors (Lipinski definition) is 0. The highest BCUT2D eigenvalue weighted by Gasteiger charge is 2.19. The number of halogens is 1. The van der Waals surface area contributed by atoms with E-state index in [0.717, 1.165) is 10.0 Å². The second-order valence-corrected chi connectivity index (χ2v) is 3.90. The van der Waals surface area contributed by atoms with Crippen molar-refractivity contribution in [2.45, 2.75) is 0 Å². The molecule has 15 heavy (non-hydrogen) atoms. The van der Waals surface area contributed by atoms with E-state index in [-0.39, 0.29) is 5.97 Å². The lowest BCUT2D eigenvalue weighted by atomic mass is 10.1. The van der Waals surface area contributed by atoms with E-state index in [2.05, 4.69) is 20.7 Å². The molecular weight excluding hydrogens is 260 g/mol. The fourth-order valence-electron chi connectivity index (χ4n) is 1.45. The van der Waals surface area contributed by atoms with Gasteiger partial charge in [0.25, 0.3) is 0 Å². The van der Waals surface area contributed by atoms with E-state index in [0.29, 0.717) is 17.9 Å². The Morgan fingerprint density at radius 2 is 2.33 bits per heavy atom. The van der Waals surface area contributed by atoms with Crippen molar-refractivity contribution in [2.24, 2.45) is 0 Å². The van der Waals surface area contributed by atoms with Crippen LogP contribution in [0.15, 0.2) is 22.7 Å². The van der Waals surface area contributed by atoms with Crippen molar-refractivity contribution in [3.8, 4) is 5.75 Å². The van der Waals surface area contributed by atoms with Crippen LogP contribution in [0.5, 0.6) is 5.75 Å². The molecule has 0 aromatic heterocycles. The Kier molecular flexibility index (Phi) is 2.77. The predicted octanol–water partition coefficient (Wildman–Crippen LogP) is 2.64. The highest BCUT2D eigenvalue weighted by Crippen LogP contribution is 2.34. The van der Waals surface area contributed by atoms with E-state index in [1.54, 1.807) is 6.07 Å². The molecule has 2 rings (SSSR count). The lowest BCUT2D eigenvalue weighted by Gasteiger charge is -2.16. The number of esters is 1. The molecule has 1 heterocycles. The Hall–Kier alpha value is -1.29. The van der Waals surface area contributed by atoms with Gasteiger partial charge in [-0.05, 0) is 18.2 Å². The van der Waals surface area contributed by atoms with E-state index in [4.69, 9.17) is 4.74 Å². The van der Waals surface area contributed by atoms with E-state index in [9.17, 15) is 4.79 Å². The maximum absolute atomic E-state index is 11.5. The summed E-state index contributed by atoms with van der Waals surface area (Å²) in [5, 5.41) is 0. The largest absolute Gasteiger partial charge is 0.488 e. The number of ether oxygens (including phenoxy) is 2. The molecule has 0 bridgehead atoms. The molecule has 3 nitrogen and oxygen atoms in total. The minimum Gasteiger partial charge on any atom is -0.488 e. The molecule has 0 N–H and O–H groups in total. The van der Waals surface area contributed by atoms with Crippen molar-refractivity contribution < 1.29 is 14.3 Å². The summed E-state index contributed by atoms with van der Waals surface area (Å²) in [4.78, 5) is 11.5. The Morgan fingerprint density at radius 1 is 1.53 bits per heavy atom. The SMILES string of the molecule is COC(=O)c1ccc(Br)c2c1OCC=C2. The van der Waals surface area contributed by atoms with Crippen LogP contribution in [0.4, 0.5) is 0 Å². The fraction of sp³-hybridized carbons (Fsp3) is 0.182. The van der Waals surface area contributed by atoms with Crippen LogP contribution >= 0.6 is 15.9 Å². The standard InChI is InChI=1S/C11H9BrO3/c1-14-11(13)8-4-5-9(12)7-3-2-6-15-10(7)8/h2-5H,6H2,1H3. The molecule has 0 saturated carbocycles. The highest BCUT2D eigenvalue weighted by molar-refractivity contribution is 9.10. The number of fused-ring (bicyclic) bond motifs is 1. The van der Waals surface area contributed by atoms with Gasteiger partial charge in [-0.3, -0.25) is 0 Å². The number of methoxy groups -OCH3 is 1. The van der Waals surface area contributed by atoms with E-state index < -0.39 is 0 Å². The lowest BCUT2D eigenvalue weighted by molar-refractivity contribution is 0.0596. The summed E-state index contributed by atoms with van der Waals surface area (Å²) in [6.45, 7) is 0.480. The first-order valence-electron chi connectivity index (χ1n) is 4.44. The number of benzene rings is 1. The van der Waals surface area contributed by atoms with Crippen molar-refractivity contribution in [3.63, 3.8) is 0 Å². The van der Waals surface area contributed by atoms with Crippen molar-refractivity contribution in [2.75, 3.05) is 13.7 Å². The first-order valence-corrected chi connectivity index (χ1v) is 5.23. The highest BCUT2D eigenvalue weighted by atomic mass is 79.9. The van der Waals surface area contributed by atoms with Gasteiger partial charge < -0.3 is 9.47 Å². The van der Waals surface area contributed by atoms with Crippen LogP contribution in [0.1, 0.15) is 15.9 Å². The molecule has 0 radical (unpaired) electrons. The first kappa shape index (κ1) is 10.2. The Morgan fingerprint density at radius 3 is 3.07 bits per heavy atom. The van der Waals surface area contributed by atoms with Crippen LogP contribution in [-0.2, 0) is 4.74 Å². The van der Waals surface area contributed by atoms with Crippen LogP contribution in [-0.4, -0.2) is 19.7 Å². The van der Waals surface area contributed by atoms with Crippen LogP contribution in [0.25, 0.3) is 6.08 Å². The topological polar surface area (TPSA) is 35.5 Å². The van der Waals surface area contributed by atoms with Gasteiger partial charge in [0.1, 0.15) is 17.9 Å². The Labute approximate surface area is 95.8 Å². The smallest absolute Gasteiger partial charge is 0.341 e. The monoisotopic (exact) mass is 268 g/mol. The van der Waals surface area contributed by atoms with Crippen LogP contribution in [0, 0.1) is 0 Å². The van der Waals surface area contributed by atoms with Gasteiger partial charge in [0.2, 0.25) is 0 Å². The zero-order chi connectivity index (χ0) is 10.8. The predicted molar refractivity (Wildman–Crippen MR) is 60.0 cm³/mol. The molecule has 0 atom stereocenters. The average Bonchev–Trinajstić information content (AvgIpc) is 2.29. The molecule has 0 amide bonds. The molecular formula is C11H9BrO3. The van der Waals surface area contributed by atoms with Gasteiger partial charge in [0.15, 0.2) is 0 Å². The normalized spacial score (nSPS) is 12.9. The second-order valence-electron chi connectivity index (χ2n) is 3.04. The number of carbonyl (C=O) groups is 1. The summed E-state index contributed by atoms with van der Waals surface area (Å²) >= 11 is 3.40. The summed E-state index contributed by atoms with van der Waals surface area (Å²) in [6.07, 6.45) is 3.82. The van der Waals surface area contributed by atoms with Gasteiger partial charge in [0, 0.05) is 10.0 Å². The molecule has 0 fully saturated rings. The van der Waals surface area contributed by atoms with Crippen molar-refractivity contribution in [3.05, 3.63) is 33.8 Å². The van der Waals surface area contributed by atoms with Gasteiger partial charge >= 0.3 is 5.97 Å². The Balaban J connectivity index is 2.59. The summed E-state index contributed by atoms with van der Waals surface area (Å²) < 4.78 is 11.0. The minimum atomic E-state index is -0.381. The van der Waals surface area contributed by atoms with Crippen molar-refractivity contribution >= 4 is 28.0 Å². The third kappa shape index (κ3) is 1.77. The lowest BCUT2D eigenvalue weighted by Crippen LogP contribution is -2.09. The van der Waals surface area contributed by atoms with Crippen LogP contribution < -0.4 is 4.74 Å². The zero-order valence-electron chi connectivity index (χ0n) is 8.12. The summed E-state index contributed by atoms with van der Waals surface area (Å²) in [7, 11) is 1.36. The molecule has 1 aliphatic rings. The van der Waals surface area contributed by atoms with Gasteiger partial charge in [-0.25, -0.2) is 4.79 Å². The summed E-state index contributed by atoms with van der Waals surface area (Å²) in [5.74, 6) is 0.202. The minimum absolute atomic E-state index is 0.381. The summed E-state index contributed by atoms with van der Waals surface area (Å²) in [5.41, 5.74) is 1.34. The van der Waals surface area contributed by atoms with Gasteiger partial charge in [-0.1, -0.05) is 22.0 Å². The molecule has 4 heteroatoms. The van der Waals surface area contributed by atoms with Crippen molar-refractivity contribution in [1.82, 2.24) is 0 Å². The van der Waals surface area contributed by atoms with E-state index >= 15 is 0 Å². The van der Waals surface area contributed by atoms with Crippen LogP contribution in [0.3, 0.4) is 0 Å². The molecule has 0 spiro atoms. The van der Waals surface area contributed by atoms with E-state index in [1.165, 1.54) is 7.11 Å². The second kappa shape index (κ2) is 4.06. The molecule has 78 valence electrons. The Bertz CT molecular complexity index is 438. The third-order valence-electron chi connectivity index (χ3n) is 2.16. The molecule has 0 aliphatic carbocycles. The molecule has 1 aliphatic heterocycles. The third-order valence-corrected chi connectivity index (χ3v) is 2.85. The number of carbonyl (C=O) groups excluding carboxylic acids is 1. The molecule has 1 aromatic rings. The quantitative estimate of drug-likeness (QED) is 0.735. The summed E-state index contributed by atoms with van der Waals surface area (Å²) in [6, 6.07) is 3.50. The number of hydrogen-bond acceptors (Lipinski definition) is 3. The van der Waals surface area contributed by atoms with Gasteiger partial charge in [0.05, 0.1) is 7.11 Å². The first-order chi connectivity index (χ1) is 7.24.